The largest absolute Gasteiger partial charge is 0.466 e. The summed E-state index contributed by atoms with van der Waals surface area (Å²) in [6, 6.07) is 9.53. The fourth-order valence-electron chi connectivity index (χ4n) is 3.02. The van der Waals surface area contributed by atoms with Crippen LogP contribution in [0.2, 0.25) is 0 Å². The lowest BCUT2D eigenvalue weighted by Gasteiger charge is -2.39. The predicted molar refractivity (Wildman–Crippen MR) is 86.8 cm³/mol. The summed E-state index contributed by atoms with van der Waals surface area (Å²) in [5, 5.41) is 0. The summed E-state index contributed by atoms with van der Waals surface area (Å²) in [5.74, 6) is -0.257. The number of hydrogen-bond acceptors (Lipinski definition) is 4. The Kier molecular flexibility index (Phi) is 6.44. The molecular weight excluding hydrogens is 294 g/mol. The second kappa shape index (κ2) is 8.56. The Morgan fingerprint density at radius 3 is 2.61 bits per heavy atom. The molecule has 1 fully saturated rings. The van der Waals surface area contributed by atoms with Crippen LogP contribution in [0.5, 0.6) is 0 Å². The van der Waals surface area contributed by atoms with Crippen LogP contribution in [0.15, 0.2) is 30.3 Å². The molecule has 1 heterocycles. The van der Waals surface area contributed by atoms with Crippen LogP contribution < -0.4 is 0 Å². The third kappa shape index (κ3) is 4.98. The van der Waals surface area contributed by atoms with Crippen molar-refractivity contribution in [1.82, 2.24) is 4.90 Å². The van der Waals surface area contributed by atoms with Crippen molar-refractivity contribution in [3.8, 4) is 0 Å². The molecule has 1 aliphatic rings. The third-order valence-electron chi connectivity index (χ3n) is 4.15. The van der Waals surface area contributed by atoms with Crippen LogP contribution in [-0.2, 0) is 20.9 Å². The molecule has 1 amide bonds. The maximum absolute atomic E-state index is 12.5. The van der Waals surface area contributed by atoms with Crippen molar-refractivity contribution in [3.05, 3.63) is 35.9 Å². The van der Waals surface area contributed by atoms with E-state index in [1.807, 2.05) is 37.3 Å². The molecule has 0 bridgehead atoms. The smallest absolute Gasteiger partial charge is 0.410 e. The lowest BCUT2D eigenvalue weighted by atomic mass is 9.95. The number of esters is 1. The van der Waals surface area contributed by atoms with E-state index in [4.69, 9.17) is 9.47 Å². The van der Waals surface area contributed by atoms with Gasteiger partial charge in [0.2, 0.25) is 0 Å². The van der Waals surface area contributed by atoms with Gasteiger partial charge in [0.15, 0.2) is 0 Å². The number of carbonyl (C=O) groups is 2. The molecular formula is C18H25NO4. The molecule has 0 saturated carbocycles. The Morgan fingerprint density at radius 2 is 1.91 bits per heavy atom. The first-order valence-electron chi connectivity index (χ1n) is 8.26. The van der Waals surface area contributed by atoms with E-state index < -0.39 is 0 Å². The molecule has 1 saturated heterocycles. The first kappa shape index (κ1) is 17.3. The zero-order chi connectivity index (χ0) is 16.7. The molecule has 0 aromatic heterocycles. The monoisotopic (exact) mass is 319 g/mol. The summed E-state index contributed by atoms with van der Waals surface area (Å²) < 4.78 is 10.5. The van der Waals surface area contributed by atoms with Crippen LogP contribution in [0, 0.1) is 0 Å². The average Bonchev–Trinajstić information content (AvgIpc) is 2.54. The van der Waals surface area contributed by atoms with Gasteiger partial charge < -0.3 is 14.4 Å². The minimum absolute atomic E-state index is 0.0754. The van der Waals surface area contributed by atoms with E-state index in [9.17, 15) is 9.59 Å². The van der Waals surface area contributed by atoms with Gasteiger partial charge in [-0.05, 0) is 38.7 Å². The maximum atomic E-state index is 12.5. The van der Waals surface area contributed by atoms with E-state index in [2.05, 4.69) is 0 Å². The second-order valence-electron chi connectivity index (χ2n) is 5.89. The van der Waals surface area contributed by atoms with Gasteiger partial charge in [-0.3, -0.25) is 4.79 Å². The number of piperidine rings is 1. The van der Waals surface area contributed by atoms with Gasteiger partial charge in [-0.1, -0.05) is 30.3 Å². The summed E-state index contributed by atoms with van der Waals surface area (Å²) in [7, 11) is 0. The predicted octanol–water partition coefficient (Wildman–Crippen LogP) is 3.52. The van der Waals surface area contributed by atoms with E-state index in [-0.39, 0.29) is 37.2 Å². The van der Waals surface area contributed by atoms with Gasteiger partial charge in [-0.25, -0.2) is 4.79 Å². The van der Waals surface area contributed by atoms with Crippen LogP contribution in [0.4, 0.5) is 4.79 Å². The fraction of sp³-hybridized carbons (Fsp3) is 0.556. The summed E-state index contributed by atoms with van der Waals surface area (Å²) in [5.41, 5.74) is 0.951. The Hall–Kier alpha value is -2.04. The molecule has 23 heavy (non-hydrogen) atoms. The molecule has 126 valence electrons. The molecule has 0 spiro atoms. The summed E-state index contributed by atoms with van der Waals surface area (Å²) in [6.07, 6.45) is 2.63. The zero-order valence-corrected chi connectivity index (χ0v) is 13.9. The van der Waals surface area contributed by atoms with E-state index in [0.717, 1.165) is 24.8 Å². The minimum Gasteiger partial charge on any atom is -0.466 e. The highest BCUT2D eigenvalue weighted by atomic mass is 16.6. The van der Waals surface area contributed by atoms with Crippen molar-refractivity contribution in [2.75, 3.05) is 6.61 Å². The van der Waals surface area contributed by atoms with Crippen LogP contribution in [-0.4, -0.2) is 35.7 Å². The number of rotatable bonds is 5. The number of ether oxygens (including phenoxy) is 2. The van der Waals surface area contributed by atoms with E-state index in [1.54, 1.807) is 11.8 Å². The Balaban J connectivity index is 1.96. The van der Waals surface area contributed by atoms with Gasteiger partial charge in [0.05, 0.1) is 13.0 Å². The quantitative estimate of drug-likeness (QED) is 0.779. The van der Waals surface area contributed by atoms with Crippen LogP contribution >= 0.6 is 0 Å². The molecule has 1 aromatic rings. The van der Waals surface area contributed by atoms with Gasteiger partial charge in [0.25, 0.3) is 0 Å². The highest BCUT2D eigenvalue weighted by Crippen LogP contribution is 2.26. The van der Waals surface area contributed by atoms with Crippen LogP contribution in [0.25, 0.3) is 0 Å². The van der Waals surface area contributed by atoms with Gasteiger partial charge >= 0.3 is 12.1 Å². The van der Waals surface area contributed by atoms with Crippen molar-refractivity contribution in [2.24, 2.45) is 0 Å². The number of carbonyl (C=O) groups excluding carboxylic acids is 2. The molecule has 0 radical (unpaired) electrons. The van der Waals surface area contributed by atoms with Crippen molar-refractivity contribution in [3.63, 3.8) is 0 Å². The number of likely N-dealkylation sites (tertiary alicyclic amines) is 1. The molecule has 5 nitrogen and oxygen atoms in total. The normalized spacial score (nSPS) is 20.9. The first-order valence-corrected chi connectivity index (χ1v) is 8.26. The SMILES string of the molecule is CCOC(=O)C[C@H]1CCC[C@@H](C)N1C(=O)OCc1ccccc1. The molecule has 0 N–H and O–H groups in total. The zero-order valence-electron chi connectivity index (χ0n) is 13.9. The topological polar surface area (TPSA) is 55.8 Å². The molecule has 5 heteroatoms. The van der Waals surface area contributed by atoms with E-state index in [1.165, 1.54) is 0 Å². The standard InChI is InChI=1S/C18H25NO4/c1-3-22-17(20)12-16-11-7-8-14(2)19(16)18(21)23-13-15-9-5-4-6-10-15/h4-6,9-10,14,16H,3,7-8,11-13H2,1-2H3/t14-,16-/m1/s1. The molecule has 2 rings (SSSR count). The van der Waals surface area contributed by atoms with E-state index >= 15 is 0 Å². The highest BCUT2D eigenvalue weighted by Gasteiger charge is 2.34. The molecule has 0 aliphatic carbocycles. The minimum atomic E-state index is -0.352. The molecule has 1 aromatic carbocycles. The molecule has 0 unspecified atom stereocenters. The number of nitrogens with zero attached hydrogens (tertiary/aromatic N) is 1. The molecule has 2 atom stereocenters. The number of benzene rings is 1. The first-order chi connectivity index (χ1) is 11.1. The van der Waals surface area contributed by atoms with Gasteiger partial charge in [0.1, 0.15) is 6.61 Å². The lowest BCUT2D eigenvalue weighted by Crippen LogP contribution is -2.49. The summed E-state index contributed by atoms with van der Waals surface area (Å²) in [4.78, 5) is 26.0. The summed E-state index contributed by atoms with van der Waals surface area (Å²) >= 11 is 0. The Labute approximate surface area is 137 Å². The molecule has 1 aliphatic heterocycles. The Bertz CT molecular complexity index is 517. The second-order valence-corrected chi connectivity index (χ2v) is 5.89. The maximum Gasteiger partial charge on any atom is 0.410 e. The van der Waals surface area contributed by atoms with Gasteiger partial charge in [-0.2, -0.15) is 0 Å². The number of hydrogen-bond donors (Lipinski definition) is 0. The fourth-order valence-corrected chi connectivity index (χ4v) is 3.02. The average molecular weight is 319 g/mol. The number of amides is 1. The van der Waals surface area contributed by atoms with Gasteiger partial charge in [-0.15, -0.1) is 0 Å². The van der Waals surface area contributed by atoms with Crippen molar-refractivity contribution in [1.29, 1.82) is 0 Å². The van der Waals surface area contributed by atoms with Crippen molar-refractivity contribution >= 4 is 12.1 Å². The highest BCUT2D eigenvalue weighted by molar-refractivity contribution is 5.73. The third-order valence-corrected chi connectivity index (χ3v) is 4.15. The van der Waals surface area contributed by atoms with Crippen molar-refractivity contribution in [2.45, 2.75) is 58.2 Å². The van der Waals surface area contributed by atoms with Crippen LogP contribution in [0.3, 0.4) is 0 Å². The van der Waals surface area contributed by atoms with Gasteiger partial charge in [0, 0.05) is 12.1 Å². The van der Waals surface area contributed by atoms with E-state index in [0.29, 0.717) is 6.61 Å². The van der Waals surface area contributed by atoms with Crippen molar-refractivity contribution < 1.29 is 19.1 Å². The Morgan fingerprint density at radius 1 is 1.17 bits per heavy atom. The van der Waals surface area contributed by atoms with Crippen LogP contribution in [0.1, 0.15) is 45.1 Å². The summed E-state index contributed by atoms with van der Waals surface area (Å²) in [6.45, 7) is 4.39. The lowest BCUT2D eigenvalue weighted by molar-refractivity contribution is -0.144.